The molecule has 1 aromatic heterocycles. The summed E-state index contributed by atoms with van der Waals surface area (Å²) in [5, 5.41) is 5.43. The van der Waals surface area contributed by atoms with E-state index in [9.17, 15) is 0 Å². The molecular weight excluding hydrogens is 270 g/mol. The van der Waals surface area contributed by atoms with Crippen LogP contribution in [-0.2, 0) is 19.4 Å². The van der Waals surface area contributed by atoms with Crippen molar-refractivity contribution in [2.24, 2.45) is 17.6 Å². The second kappa shape index (κ2) is 6.95. The van der Waals surface area contributed by atoms with Crippen LogP contribution in [0.25, 0.3) is 0 Å². The summed E-state index contributed by atoms with van der Waals surface area (Å²) >= 11 is 6.48. The van der Waals surface area contributed by atoms with E-state index in [4.69, 9.17) is 17.3 Å². The summed E-state index contributed by atoms with van der Waals surface area (Å²) in [7, 11) is 0. The predicted octanol–water partition coefficient (Wildman–Crippen LogP) is 3.81. The van der Waals surface area contributed by atoms with Crippen molar-refractivity contribution >= 4 is 11.6 Å². The summed E-state index contributed by atoms with van der Waals surface area (Å²) in [5.41, 5.74) is 8.63. The molecule has 114 valence electrons. The monoisotopic (exact) mass is 297 g/mol. The Morgan fingerprint density at radius 2 is 2.15 bits per heavy atom. The zero-order valence-corrected chi connectivity index (χ0v) is 13.8. The van der Waals surface area contributed by atoms with E-state index in [-0.39, 0.29) is 6.04 Å². The second-order valence-corrected chi connectivity index (χ2v) is 6.65. The Hall–Kier alpha value is -0.540. The lowest BCUT2D eigenvalue weighted by Gasteiger charge is -2.31. The highest BCUT2D eigenvalue weighted by molar-refractivity contribution is 6.31. The average Bonchev–Trinajstić information content (AvgIpc) is 2.75. The number of nitrogens with two attached hydrogens (primary N) is 1. The first-order valence-corrected chi connectivity index (χ1v) is 8.44. The fraction of sp³-hybridized carbons (Fsp3) is 0.812. The van der Waals surface area contributed by atoms with Crippen LogP contribution in [0.4, 0.5) is 0 Å². The average molecular weight is 298 g/mol. The molecule has 0 amide bonds. The van der Waals surface area contributed by atoms with Gasteiger partial charge in [-0.05, 0) is 38.0 Å². The third-order valence-electron chi connectivity index (χ3n) is 4.71. The van der Waals surface area contributed by atoms with Crippen molar-refractivity contribution in [1.82, 2.24) is 9.78 Å². The molecule has 0 saturated heterocycles. The molecule has 0 spiro atoms. The van der Waals surface area contributed by atoms with Gasteiger partial charge in [0.05, 0.1) is 16.4 Å². The molecule has 4 heteroatoms. The van der Waals surface area contributed by atoms with Crippen LogP contribution in [0.15, 0.2) is 0 Å². The summed E-state index contributed by atoms with van der Waals surface area (Å²) < 4.78 is 2.04. The van der Waals surface area contributed by atoms with Gasteiger partial charge in [-0.25, -0.2) is 0 Å². The number of hydrogen-bond acceptors (Lipinski definition) is 2. The molecule has 1 fully saturated rings. The summed E-state index contributed by atoms with van der Waals surface area (Å²) in [5.74, 6) is 1.46. The summed E-state index contributed by atoms with van der Waals surface area (Å²) in [6, 6.07) is 0.210. The maximum absolute atomic E-state index is 6.49. The lowest BCUT2D eigenvalue weighted by atomic mass is 9.78. The van der Waals surface area contributed by atoms with Crippen molar-refractivity contribution in [3.05, 3.63) is 16.4 Å². The van der Waals surface area contributed by atoms with Crippen molar-refractivity contribution in [1.29, 1.82) is 0 Å². The SMILES string of the molecule is CCc1nn(CC)c(CC(N)C2CCCC(C)C2)c1Cl. The standard InChI is InChI=1S/C16H28ClN3/c1-4-14-16(17)15(20(5-2)19-14)10-13(18)12-8-6-7-11(3)9-12/h11-13H,4-10,18H2,1-3H3. The second-order valence-electron chi connectivity index (χ2n) is 6.28. The third kappa shape index (κ3) is 3.37. The van der Waals surface area contributed by atoms with Gasteiger partial charge in [0, 0.05) is 19.0 Å². The summed E-state index contributed by atoms with van der Waals surface area (Å²) in [6.07, 6.45) is 6.95. The Labute approximate surface area is 127 Å². The fourth-order valence-electron chi connectivity index (χ4n) is 3.47. The first-order valence-electron chi connectivity index (χ1n) is 8.06. The molecule has 1 aliphatic carbocycles. The van der Waals surface area contributed by atoms with E-state index in [0.717, 1.165) is 41.7 Å². The molecule has 1 aliphatic rings. The van der Waals surface area contributed by atoms with Crippen molar-refractivity contribution < 1.29 is 0 Å². The summed E-state index contributed by atoms with van der Waals surface area (Å²) in [4.78, 5) is 0. The van der Waals surface area contributed by atoms with Gasteiger partial charge in [0.2, 0.25) is 0 Å². The Kier molecular flexibility index (Phi) is 5.50. The van der Waals surface area contributed by atoms with Crippen LogP contribution in [-0.4, -0.2) is 15.8 Å². The van der Waals surface area contributed by atoms with Gasteiger partial charge >= 0.3 is 0 Å². The van der Waals surface area contributed by atoms with Gasteiger partial charge in [0.25, 0.3) is 0 Å². The minimum Gasteiger partial charge on any atom is -0.327 e. The first-order chi connectivity index (χ1) is 9.56. The van der Waals surface area contributed by atoms with Crippen LogP contribution in [0.3, 0.4) is 0 Å². The van der Waals surface area contributed by atoms with Crippen LogP contribution in [0.1, 0.15) is 57.8 Å². The molecule has 0 bridgehead atoms. The van der Waals surface area contributed by atoms with Gasteiger partial charge in [-0.2, -0.15) is 5.10 Å². The van der Waals surface area contributed by atoms with E-state index in [1.807, 2.05) is 4.68 Å². The van der Waals surface area contributed by atoms with Crippen LogP contribution >= 0.6 is 11.6 Å². The van der Waals surface area contributed by atoms with Gasteiger partial charge in [0.1, 0.15) is 0 Å². The topological polar surface area (TPSA) is 43.8 Å². The summed E-state index contributed by atoms with van der Waals surface area (Å²) in [6.45, 7) is 7.42. The van der Waals surface area contributed by atoms with E-state index in [1.54, 1.807) is 0 Å². The quantitative estimate of drug-likeness (QED) is 0.898. The molecule has 20 heavy (non-hydrogen) atoms. The Morgan fingerprint density at radius 1 is 1.40 bits per heavy atom. The van der Waals surface area contributed by atoms with Crippen molar-refractivity contribution in [3.63, 3.8) is 0 Å². The van der Waals surface area contributed by atoms with E-state index in [2.05, 4.69) is 25.9 Å². The number of hydrogen-bond donors (Lipinski definition) is 1. The van der Waals surface area contributed by atoms with Crippen molar-refractivity contribution in [3.8, 4) is 0 Å². The molecule has 2 N–H and O–H groups in total. The van der Waals surface area contributed by atoms with Crippen molar-refractivity contribution in [2.45, 2.75) is 71.9 Å². The van der Waals surface area contributed by atoms with Crippen LogP contribution in [0.2, 0.25) is 5.02 Å². The highest BCUT2D eigenvalue weighted by Crippen LogP contribution is 2.32. The van der Waals surface area contributed by atoms with E-state index < -0.39 is 0 Å². The molecule has 1 saturated carbocycles. The highest BCUT2D eigenvalue weighted by Gasteiger charge is 2.26. The predicted molar refractivity (Wildman–Crippen MR) is 85.1 cm³/mol. The zero-order chi connectivity index (χ0) is 14.7. The van der Waals surface area contributed by atoms with E-state index >= 15 is 0 Å². The molecule has 0 aliphatic heterocycles. The minimum absolute atomic E-state index is 0.210. The molecule has 3 atom stereocenters. The molecule has 0 aromatic carbocycles. The number of aromatic nitrogens is 2. The van der Waals surface area contributed by atoms with Crippen LogP contribution in [0.5, 0.6) is 0 Å². The lowest BCUT2D eigenvalue weighted by Crippen LogP contribution is -2.35. The molecular formula is C16H28ClN3. The number of halogens is 1. The highest BCUT2D eigenvalue weighted by atomic mass is 35.5. The molecule has 2 rings (SSSR count). The van der Waals surface area contributed by atoms with E-state index in [1.165, 1.54) is 25.7 Å². The Balaban J connectivity index is 2.10. The molecule has 0 radical (unpaired) electrons. The normalized spacial score (nSPS) is 24.9. The van der Waals surface area contributed by atoms with Crippen molar-refractivity contribution in [2.75, 3.05) is 0 Å². The van der Waals surface area contributed by atoms with Crippen LogP contribution < -0.4 is 5.73 Å². The van der Waals surface area contributed by atoms with E-state index in [0.29, 0.717) is 5.92 Å². The maximum Gasteiger partial charge on any atom is 0.0850 e. The zero-order valence-electron chi connectivity index (χ0n) is 13.0. The largest absolute Gasteiger partial charge is 0.327 e. The van der Waals surface area contributed by atoms with Gasteiger partial charge in [-0.15, -0.1) is 0 Å². The van der Waals surface area contributed by atoms with Gasteiger partial charge in [0.15, 0.2) is 0 Å². The van der Waals surface area contributed by atoms with Gasteiger partial charge in [-0.3, -0.25) is 4.68 Å². The minimum atomic E-state index is 0.210. The maximum atomic E-state index is 6.49. The Bertz CT molecular complexity index is 441. The molecule has 3 unspecified atom stereocenters. The van der Waals surface area contributed by atoms with Gasteiger partial charge < -0.3 is 5.73 Å². The first kappa shape index (κ1) is 15.8. The molecule has 1 heterocycles. The number of aryl methyl sites for hydroxylation is 2. The smallest absolute Gasteiger partial charge is 0.0850 e. The molecule has 3 nitrogen and oxygen atoms in total. The number of rotatable bonds is 5. The fourth-order valence-corrected chi connectivity index (χ4v) is 3.82. The third-order valence-corrected chi connectivity index (χ3v) is 5.14. The van der Waals surface area contributed by atoms with Gasteiger partial charge in [-0.1, -0.05) is 38.3 Å². The lowest BCUT2D eigenvalue weighted by molar-refractivity contribution is 0.244. The van der Waals surface area contributed by atoms with Crippen LogP contribution in [0, 0.1) is 11.8 Å². The Morgan fingerprint density at radius 3 is 2.75 bits per heavy atom. The number of nitrogens with zero attached hydrogens (tertiary/aromatic N) is 2. The molecule has 1 aromatic rings.